The third-order valence-corrected chi connectivity index (χ3v) is 6.40. The standard InChI is InChI=1S/C22H25BrN4OS/c1-3-27(4-2)12-11-25-19(28)10-7-16-13-26-22(24)20-18(14-29-21(16)20)15-5-8-17(23)9-6-15/h5-10,13-14H,3-4,11-12H2,1-2H3,(H2,24,26)(H,25,28). The van der Waals surface area contributed by atoms with E-state index < -0.39 is 0 Å². The highest BCUT2D eigenvalue weighted by Crippen LogP contribution is 2.39. The molecule has 3 rings (SSSR count). The monoisotopic (exact) mass is 472 g/mol. The number of fused-ring (bicyclic) bond motifs is 1. The predicted octanol–water partition coefficient (Wildman–Crippen LogP) is 4.78. The van der Waals surface area contributed by atoms with Crippen LogP contribution in [0.1, 0.15) is 19.4 Å². The number of rotatable bonds is 8. The van der Waals surface area contributed by atoms with Crippen LogP contribution in [0.2, 0.25) is 0 Å². The molecule has 7 heteroatoms. The topological polar surface area (TPSA) is 71.2 Å². The molecule has 0 unspecified atom stereocenters. The molecule has 152 valence electrons. The van der Waals surface area contributed by atoms with Crippen molar-refractivity contribution in [1.29, 1.82) is 0 Å². The fraction of sp³-hybridized carbons (Fsp3) is 0.273. The van der Waals surface area contributed by atoms with Crippen LogP contribution in [0.3, 0.4) is 0 Å². The van der Waals surface area contributed by atoms with Crippen LogP contribution >= 0.6 is 27.3 Å². The van der Waals surface area contributed by atoms with Crippen LogP contribution in [-0.2, 0) is 4.79 Å². The van der Waals surface area contributed by atoms with Gasteiger partial charge in [-0.2, -0.15) is 0 Å². The molecule has 0 aliphatic heterocycles. The van der Waals surface area contributed by atoms with Gasteiger partial charge in [0, 0.05) is 51.0 Å². The van der Waals surface area contributed by atoms with Crippen LogP contribution in [0, 0.1) is 0 Å². The number of hydrogen-bond donors (Lipinski definition) is 2. The van der Waals surface area contributed by atoms with E-state index in [2.05, 4.69) is 62.5 Å². The molecule has 0 spiro atoms. The molecule has 1 amide bonds. The Morgan fingerprint density at radius 3 is 2.69 bits per heavy atom. The van der Waals surface area contributed by atoms with Gasteiger partial charge >= 0.3 is 0 Å². The van der Waals surface area contributed by atoms with E-state index in [0.29, 0.717) is 12.4 Å². The Morgan fingerprint density at radius 1 is 1.28 bits per heavy atom. The Balaban J connectivity index is 1.78. The molecule has 5 nitrogen and oxygen atoms in total. The van der Waals surface area contributed by atoms with Crippen molar-refractivity contribution in [1.82, 2.24) is 15.2 Å². The first kappa shape index (κ1) is 21.5. The molecule has 29 heavy (non-hydrogen) atoms. The molecule has 3 aromatic rings. The number of nitrogens with one attached hydrogen (secondary N) is 1. The Kier molecular flexibility index (Phi) is 7.41. The van der Waals surface area contributed by atoms with Crippen molar-refractivity contribution in [3.8, 4) is 11.1 Å². The number of thiophene rings is 1. The molecule has 0 fully saturated rings. The van der Waals surface area contributed by atoms with Gasteiger partial charge in [0.25, 0.3) is 0 Å². The molecule has 3 N–H and O–H groups in total. The van der Waals surface area contributed by atoms with E-state index in [0.717, 1.165) is 50.9 Å². The van der Waals surface area contributed by atoms with Gasteiger partial charge in [-0.05, 0) is 42.2 Å². The largest absolute Gasteiger partial charge is 0.383 e. The number of anilines is 1. The first-order chi connectivity index (χ1) is 14.0. The zero-order chi connectivity index (χ0) is 20.8. The van der Waals surface area contributed by atoms with Gasteiger partial charge in [0.05, 0.1) is 0 Å². The molecule has 0 radical (unpaired) electrons. The van der Waals surface area contributed by atoms with Crippen molar-refractivity contribution in [2.75, 3.05) is 31.9 Å². The van der Waals surface area contributed by atoms with E-state index in [1.807, 2.05) is 18.2 Å². The van der Waals surface area contributed by atoms with Gasteiger partial charge in [-0.1, -0.05) is 41.9 Å². The fourth-order valence-electron chi connectivity index (χ4n) is 3.15. The van der Waals surface area contributed by atoms with Crippen molar-refractivity contribution in [2.24, 2.45) is 0 Å². The SMILES string of the molecule is CCN(CC)CCNC(=O)C=Cc1cnc(N)c2c(-c3ccc(Br)cc3)csc12. The minimum Gasteiger partial charge on any atom is -0.383 e. The van der Waals surface area contributed by atoms with Gasteiger partial charge in [-0.15, -0.1) is 11.3 Å². The summed E-state index contributed by atoms with van der Waals surface area (Å²) in [5.41, 5.74) is 9.23. The van der Waals surface area contributed by atoms with Crippen LogP contribution in [0.15, 0.2) is 46.4 Å². The van der Waals surface area contributed by atoms with Crippen LogP contribution in [0.5, 0.6) is 0 Å². The molecular weight excluding hydrogens is 448 g/mol. The number of amides is 1. The molecule has 2 heterocycles. The molecule has 0 saturated heterocycles. The quantitative estimate of drug-likeness (QED) is 0.462. The van der Waals surface area contributed by atoms with Crippen molar-refractivity contribution >= 4 is 55.2 Å². The van der Waals surface area contributed by atoms with E-state index in [1.54, 1.807) is 23.6 Å². The number of nitrogens with zero attached hydrogens (tertiary/aromatic N) is 2. The van der Waals surface area contributed by atoms with Gasteiger partial charge in [0.15, 0.2) is 0 Å². The van der Waals surface area contributed by atoms with Crippen molar-refractivity contribution in [3.05, 3.63) is 52.0 Å². The smallest absolute Gasteiger partial charge is 0.244 e. The Hall–Kier alpha value is -2.22. The summed E-state index contributed by atoms with van der Waals surface area (Å²) in [6, 6.07) is 8.12. The van der Waals surface area contributed by atoms with Crippen molar-refractivity contribution < 1.29 is 4.79 Å². The third kappa shape index (κ3) is 5.23. The molecule has 0 atom stereocenters. The first-order valence-electron chi connectivity index (χ1n) is 9.63. The molecule has 0 aliphatic carbocycles. The predicted molar refractivity (Wildman–Crippen MR) is 127 cm³/mol. The highest BCUT2D eigenvalue weighted by molar-refractivity contribution is 9.10. The number of benzene rings is 1. The van der Waals surface area contributed by atoms with Crippen LogP contribution in [-0.4, -0.2) is 42.0 Å². The maximum absolute atomic E-state index is 12.2. The maximum atomic E-state index is 12.2. The minimum absolute atomic E-state index is 0.105. The van der Waals surface area contributed by atoms with E-state index >= 15 is 0 Å². The van der Waals surface area contributed by atoms with E-state index in [9.17, 15) is 4.79 Å². The van der Waals surface area contributed by atoms with E-state index in [4.69, 9.17) is 5.73 Å². The van der Waals surface area contributed by atoms with Crippen molar-refractivity contribution in [2.45, 2.75) is 13.8 Å². The average molecular weight is 473 g/mol. The number of hydrogen-bond acceptors (Lipinski definition) is 5. The number of halogens is 1. The zero-order valence-corrected chi connectivity index (χ0v) is 19.0. The summed E-state index contributed by atoms with van der Waals surface area (Å²) in [5.74, 6) is 0.395. The number of nitrogens with two attached hydrogens (primary N) is 1. The molecule has 1 aromatic carbocycles. The number of nitrogen functional groups attached to an aromatic ring is 1. The molecule has 2 aromatic heterocycles. The zero-order valence-electron chi connectivity index (χ0n) is 16.6. The number of carbonyl (C=O) groups excluding carboxylic acids is 1. The van der Waals surface area contributed by atoms with Crippen LogP contribution in [0.25, 0.3) is 27.3 Å². The summed E-state index contributed by atoms with van der Waals surface area (Å²) in [6.45, 7) is 7.68. The molecule has 0 aliphatic rings. The second-order valence-electron chi connectivity index (χ2n) is 6.61. The van der Waals surface area contributed by atoms with Gasteiger partial charge in [-0.3, -0.25) is 4.79 Å². The maximum Gasteiger partial charge on any atom is 0.244 e. The van der Waals surface area contributed by atoms with E-state index in [-0.39, 0.29) is 5.91 Å². The second-order valence-corrected chi connectivity index (χ2v) is 8.41. The number of aromatic nitrogens is 1. The van der Waals surface area contributed by atoms with Crippen LogP contribution in [0.4, 0.5) is 5.82 Å². The lowest BCUT2D eigenvalue weighted by molar-refractivity contribution is -0.116. The Labute approximate surface area is 183 Å². The van der Waals surface area contributed by atoms with Gasteiger partial charge in [0.2, 0.25) is 5.91 Å². The molecule has 0 saturated carbocycles. The summed E-state index contributed by atoms with van der Waals surface area (Å²) >= 11 is 5.08. The Bertz CT molecular complexity index is 1010. The van der Waals surface area contributed by atoms with E-state index in [1.165, 1.54) is 0 Å². The van der Waals surface area contributed by atoms with Gasteiger partial charge < -0.3 is 16.0 Å². The Morgan fingerprint density at radius 2 is 2.00 bits per heavy atom. The van der Waals surface area contributed by atoms with Gasteiger partial charge in [0.1, 0.15) is 5.82 Å². The lowest BCUT2D eigenvalue weighted by Gasteiger charge is -2.17. The lowest BCUT2D eigenvalue weighted by Crippen LogP contribution is -2.34. The minimum atomic E-state index is -0.105. The number of carbonyl (C=O) groups is 1. The number of pyridine rings is 1. The summed E-state index contributed by atoms with van der Waals surface area (Å²) in [5, 5.41) is 5.96. The summed E-state index contributed by atoms with van der Waals surface area (Å²) in [4.78, 5) is 18.8. The summed E-state index contributed by atoms with van der Waals surface area (Å²) in [6.07, 6.45) is 5.09. The number of likely N-dealkylation sites (N-methyl/N-ethyl adjacent to an activating group) is 1. The lowest BCUT2D eigenvalue weighted by atomic mass is 10.0. The third-order valence-electron chi connectivity index (χ3n) is 4.84. The first-order valence-corrected chi connectivity index (χ1v) is 11.3. The van der Waals surface area contributed by atoms with Gasteiger partial charge in [-0.25, -0.2) is 4.98 Å². The van der Waals surface area contributed by atoms with Crippen molar-refractivity contribution in [3.63, 3.8) is 0 Å². The highest BCUT2D eigenvalue weighted by Gasteiger charge is 2.13. The second kappa shape index (κ2) is 10.0. The molecule has 0 bridgehead atoms. The normalized spacial score (nSPS) is 11.6. The molecular formula is C22H25BrN4OS. The van der Waals surface area contributed by atoms with Crippen LogP contribution < -0.4 is 11.1 Å². The fourth-order valence-corrected chi connectivity index (χ4v) is 4.49. The highest BCUT2D eigenvalue weighted by atomic mass is 79.9. The summed E-state index contributed by atoms with van der Waals surface area (Å²) in [7, 11) is 0. The summed E-state index contributed by atoms with van der Waals surface area (Å²) < 4.78 is 2.06. The average Bonchev–Trinajstić information content (AvgIpc) is 3.17.